The third kappa shape index (κ3) is 8.77. The molecule has 62 valence electrons. The van der Waals surface area contributed by atoms with Crippen molar-refractivity contribution in [3.05, 3.63) is 0 Å². The minimum absolute atomic E-state index is 0.184. The molecule has 0 amide bonds. The predicted molar refractivity (Wildman–Crippen MR) is 40.3 cm³/mol. The summed E-state index contributed by atoms with van der Waals surface area (Å²) >= 11 is 0. The molecule has 0 saturated carbocycles. The fraction of sp³-hybridized carbons (Fsp3) is 0.429. The molecule has 0 atom stereocenters. The fourth-order valence-corrected chi connectivity index (χ4v) is 0.330. The van der Waals surface area contributed by atoms with Crippen LogP contribution in [-0.4, -0.2) is 19.8 Å². The zero-order valence-electron chi connectivity index (χ0n) is 6.37. The quantitative estimate of drug-likeness (QED) is 0.417. The predicted octanol–water partition coefficient (Wildman–Crippen LogP) is 1.42. The summed E-state index contributed by atoms with van der Waals surface area (Å²) in [5.41, 5.74) is 0. The molecule has 0 saturated heterocycles. The van der Waals surface area contributed by atoms with Crippen LogP contribution in [0.2, 0.25) is 0 Å². The van der Waals surface area contributed by atoms with Crippen molar-refractivity contribution in [3.8, 4) is 23.6 Å². The van der Waals surface area contributed by atoms with Gasteiger partial charge in [-0.15, -0.1) is 0 Å². The van der Waals surface area contributed by atoms with Gasteiger partial charge in [-0.1, -0.05) is 0 Å². The molecule has 0 N–H and O–H groups in total. The molecule has 0 unspecified atom stereocenters. The molecule has 12 heavy (non-hydrogen) atoms. The Balaban J connectivity index is 3.84. The monoisotopic (exact) mass is 171 g/mol. The van der Waals surface area contributed by atoms with Crippen LogP contribution in [-0.2, 0) is 0 Å². The second-order valence-corrected chi connectivity index (χ2v) is 1.66. The van der Waals surface area contributed by atoms with E-state index < -0.39 is 6.18 Å². The van der Waals surface area contributed by atoms with E-state index in [1.807, 2.05) is 0 Å². The molecule has 0 radical (unpaired) electrons. The Bertz CT molecular complexity index is 271. The van der Waals surface area contributed by atoms with Crippen LogP contribution in [0.25, 0.3) is 0 Å². The molecule has 0 bridgehead atoms. The van der Waals surface area contributed by atoms with Gasteiger partial charge in [0.1, 0.15) is 0 Å². The van der Waals surface area contributed by atoms with Crippen LogP contribution in [0.5, 0.6) is 0 Å². The van der Waals surface area contributed by atoms with Gasteiger partial charge in [-0.2, -0.15) is 0 Å². The van der Waals surface area contributed by atoms with Gasteiger partial charge >= 0.3 is 68.4 Å². The van der Waals surface area contributed by atoms with Crippen LogP contribution in [0.3, 0.4) is 0 Å². The van der Waals surface area contributed by atoms with Gasteiger partial charge in [-0.25, -0.2) is 0 Å². The van der Waals surface area contributed by atoms with E-state index in [0.717, 1.165) is 13.0 Å². The summed E-state index contributed by atoms with van der Waals surface area (Å²) in [5.74, 6) is 7.89. The van der Waals surface area contributed by atoms with Crippen LogP contribution in [0.15, 0.2) is 4.90 Å². The van der Waals surface area contributed by atoms with Crippen molar-refractivity contribution in [3.63, 3.8) is 0 Å². The summed E-state index contributed by atoms with van der Waals surface area (Å²) < 4.78 is 34.1. The van der Waals surface area contributed by atoms with Crippen LogP contribution in [0.4, 0.5) is 13.2 Å². The van der Waals surface area contributed by atoms with Gasteiger partial charge in [0.15, 0.2) is 0 Å². The molecule has 5 heteroatoms. The van der Waals surface area contributed by atoms with Gasteiger partial charge in [0.25, 0.3) is 0 Å². The van der Waals surface area contributed by atoms with Gasteiger partial charge in [-0.05, 0) is 0 Å². The number of rotatable bonds is 1. The molecule has 0 aromatic rings. The Hall–Kier alpha value is -1.23. The molecule has 0 aliphatic rings. The Kier molecular flexibility index (Phi) is 4.87. The van der Waals surface area contributed by atoms with E-state index in [0.29, 0.717) is 0 Å². The van der Waals surface area contributed by atoms with Crippen LogP contribution < -0.4 is 0 Å². The van der Waals surface area contributed by atoms with E-state index in [1.54, 1.807) is 12.7 Å². The van der Waals surface area contributed by atoms with Gasteiger partial charge < -0.3 is 0 Å². The molecule has 0 rings (SSSR count). The molecule has 0 spiro atoms. The summed E-state index contributed by atoms with van der Waals surface area (Å²) in [4.78, 5) is 3.49. The van der Waals surface area contributed by atoms with Crippen LogP contribution >= 0.6 is 0 Å². The Morgan fingerprint density at radius 3 is 2.58 bits per heavy atom. The van der Waals surface area contributed by atoms with Gasteiger partial charge in [0.2, 0.25) is 0 Å². The van der Waals surface area contributed by atoms with Crippen molar-refractivity contribution >= 4 is 7.07 Å². The molecule has 0 aromatic heterocycles. The molecular weight excluding hydrogens is 166 g/mol. The summed E-state index contributed by atoms with van der Waals surface area (Å²) in [6.45, 7) is 1.81. The topological polar surface area (TPSA) is 12.4 Å². The van der Waals surface area contributed by atoms with Crippen molar-refractivity contribution < 1.29 is 13.2 Å². The van der Waals surface area contributed by atoms with Crippen LogP contribution in [0.1, 0.15) is 6.92 Å². The van der Waals surface area contributed by atoms with E-state index in [2.05, 4.69) is 16.7 Å². The van der Waals surface area contributed by atoms with Gasteiger partial charge in [0.05, 0.1) is 0 Å². The van der Waals surface area contributed by atoms with E-state index in [9.17, 15) is 13.2 Å². The number of nitrogens with zero attached hydrogens (tertiary/aromatic N) is 1. The zero-order chi connectivity index (χ0) is 9.45. The average Bonchev–Trinajstić information content (AvgIpc) is 1.94. The second-order valence-electron chi connectivity index (χ2n) is 1.66. The SMILES string of the molecule is CC#CCN=BC#CC(F)(F)F. The van der Waals surface area contributed by atoms with Crippen molar-refractivity contribution in [2.45, 2.75) is 13.1 Å². The molecule has 0 aliphatic heterocycles. The van der Waals surface area contributed by atoms with Gasteiger partial charge in [-0.3, -0.25) is 0 Å². The van der Waals surface area contributed by atoms with Crippen molar-refractivity contribution in [2.24, 2.45) is 4.90 Å². The molecule has 0 aliphatic carbocycles. The normalized spacial score (nSPS) is 9.33. The van der Waals surface area contributed by atoms with E-state index in [4.69, 9.17) is 0 Å². The summed E-state index contributed by atoms with van der Waals surface area (Å²) in [6.07, 6.45) is -4.44. The standard InChI is InChI=1S/C7H5BF3N/c1-2-3-6-12-8-5-4-7(9,10)11/h6H2,1H3. The number of alkyl halides is 3. The van der Waals surface area contributed by atoms with Crippen molar-refractivity contribution in [1.82, 2.24) is 0 Å². The molecule has 0 fully saturated rings. The van der Waals surface area contributed by atoms with Crippen molar-refractivity contribution in [1.29, 1.82) is 0 Å². The first kappa shape index (κ1) is 10.8. The first-order valence-electron chi connectivity index (χ1n) is 3.03. The first-order chi connectivity index (χ1) is 5.56. The van der Waals surface area contributed by atoms with E-state index in [-0.39, 0.29) is 6.54 Å². The third-order valence-corrected chi connectivity index (χ3v) is 0.717. The van der Waals surface area contributed by atoms with E-state index >= 15 is 0 Å². The number of hydrogen-bond donors (Lipinski definition) is 0. The summed E-state index contributed by atoms with van der Waals surface area (Å²) in [5, 5.41) is 0. The van der Waals surface area contributed by atoms with Crippen molar-refractivity contribution in [2.75, 3.05) is 6.54 Å². The first-order valence-corrected chi connectivity index (χ1v) is 3.03. The summed E-state index contributed by atoms with van der Waals surface area (Å²) in [6, 6.07) is 0. The average molecular weight is 171 g/mol. The van der Waals surface area contributed by atoms with Crippen LogP contribution in [0, 0.1) is 23.6 Å². The minimum atomic E-state index is -4.44. The maximum atomic E-state index is 11.4. The number of hydrogen-bond acceptors (Lipinski definition) is 1. The maximum absolute atomic E-state index is 11.4. The Morgan fingerprint density at radius 2 is 2.08 bits per heavy atom. The zero-order valence-corrected chi connectivity index (χ0v) is 6.37. The third-order valence-electron chi connectivity index (χ3n) is 0.717. The fourth-order valence-electron chi connectivity index (χ4n) is 0.330. The second kappa shape index (κ2) is 5.43. The Morgan fingerprint density at radius 1 is 1.42 bits per heavy atom. The van der Waals surface area contributed by atoms with Gasteiger partial charge in [0, 0.05) is 0 Å². The molecule has 0 heterocycles. The molecular formula is C7H5BF3N. The molecule has 0 aromatic carbocycles. The summed E-state index contributed by atoms with van der Waals surface area (Å²) in [7, 11) is 0.901. The van der Waals surface area contributed by atoms with E-state index in [1.165, 1.54) is 0 Å². The number of halogens is 3. The molecule has 1 nitrogen and oxygen atoms in total. The Labute approximate surface area is 69.3 Å².